The van der Waals surface area contributed by atoms with Crippen molar-refractivity contribution in [1.82, 2.24) is 9.97 Å². The molecule has 0 spiro atoms. The number of aromatic hydroxyl groups is 1. The van der Waals surface area contributed by atoms with Crippen molar-refractivity contribution < 1.29 is 14.6 Å². The number of imidazole rings is 1. The number of benzene rings is 3. The number of carbonyl (C=O) groups is 1. The Morgan fingerprint density at radius 2 is 1.74 bits per heavy atom. The molecule has 3 aromatic carbocycles. The first-order valence-electron chi connectivity index (χ1n) is 10.2. The number of hydrogen-bond donors (Lipinski definition) is 3. The number of anilines is 2. The van der Waals surface area contributed by atoms with Crippen LogP contribution in [0.5, 0.6) is 5.75 Å². The lowest BCUT2D eigenvalue weighted by atomic mass is 10.2. The number of phenolic OH excluding ortho intramolecular Hbond substituents is 1. The van der Waals surface area contributed by atoms with E-state index in [-0.39, 0.29) is 11.7 Å². The first kappa shape index (κ1) is 19.1. The third kappa shape index (κ3) is 4.08. The third-order valence-electron chi connectivity index (χ3n) is 5.39. The smallest absolute Gasteiger partial charge is 0.255 e. The van der Waals surface area contributed by atoms with Crippen LogP contribution in [-0.2, 0) is 4.74 Å². The molecular weight excluding hydrogens is 392 g/mol. The number of ether oxygens (including phenoxy) is 1. The van der Waals surface area contributed by atoms with Gasteiger partial charge in [0.25, 0.3) is 5.91 Å². The number of carbonyl (C=O) groups excluding carboxylic acids is 1. The molecule has 2 heterocycles. The van der Waals surface area contributed by atoms with E-state index in [1.807, 2.05) is 18.2 Å². The minimum Gasteiger partial charge on any atom is -0.508 e. The zero-order valence-electron chi connectivity index (χ0n) is 16.8. The monoisotopic (exact) mass is 414 g/mol. The van der Waals surface area contributed by atoms with Crippen LogP contribution in [0, 0.1) is 0 Å². The lowest BCUT2D eigenvalue weighted by Gasteiger charge is -2.28. The normalized spacial score (nSPS) is 14.0. The molecule has 3 N–H and O–H groups in total. The molecule has 1 saturated heterocycles. The van der Waals surface area contributed by atoms with Crippen molar-refractivity contribution in [2.75, 3.05) is 36.5 Å². The molecule has 31 heavy (non-hydrogen) atoms. The summed E-state index contributed by atoms with van der Waals surface area (Å²) in [6.07, 6.45) is 0. The molecule has 7 nitrogen and oxygen atoms in total. The van der Waals surface area contributed by atoms with Gasteiger partial charge in [0, 0.05) is 35.6 Å². The fraction of sp³-hybridized carbons (Fsp3) is 0.167. The second-order valence-corrected chi connectivity index (χ2v) is 7.46. The topological polar surface area (TPSA) is 90.5 Å². The number of fused-ring (bicyclic) bond motifs is 1. The highest BCUT2D eigenvalue weighted by Crippen LogP contribution is 2.26. The minimum absolute atomic E-state index is 0.126. The molecule has 7 heteroatoms. The van der Waals surface area contributed by atoms with Crippen molar-refractivity contribution in [1.29, 1.82) is 0 Å². The highest BCUT2D eigenvalue weighted by atomic mass is 16.5. The standard InChI is InChI=1S/C24H22N4O3/c29-20-8-3-17(4-9-20)24(30)25-18-5-10-21-22(15-18)27-23(26-21)16-1-6-19(7-2-16)28-11-13-31-14-12-28/h1-10,15,29H,11-14H2,(H,25,30)(H,26,27). The van der Waals surface area contributed by atoms with Crippen molar-refractivity contribution in [3.8, 4) is 17.1 Å². The van der Waals surface area contributed by atoms with Crippen molar-refractivity contribution in [3.63, 3.8) is 0 Å². The summed E-state index contributed by atoms with van der Waals surface area (Å²) in [7, 11) is 0. The molecule has 5 rings (SSSR count). The quantitative estimate of drug-likeness (QED) is 0.469. The number of aromatic amines is 1. The zero-order valence-corrected chi connectivity index (χ0v) is 16.8. The first-order chi connectivity index (χ1) is 15.2. The Labute approximate surface area is 179 Å². The van der Waals surface area contributed by atoms with Gasteiger partial charge in [0.05, 0.1) is 24.2 Å². The van der Waals surface area contributed by atoms with Crippen molar-refractivity contribution in [3.05, 3.63) is 72.3 Å². The molecule has 0 aliphatic carbocycles. The fourth-order valence-corrected chi connectivity index (χ4v) is 3.69. The summed E-state index contributed by atoms with van der Waals surface area (Å²) in [5.74, 6) is 0.671. The number of nitrogens with zero attached hydrogens (tertiary/aromatic N) is 2. The maximum absolute atomic E-state index is 12.4. The lowest BCUT2D eigenvalue weighted by molar-refractivity contribution is 0.102. The molecule has 1 aliphatic heterocycles. The van der Waals surface area contributed by atoms with Crippen LogP contribution in [0.15, 0.2) is 66.7 Å². The van der Waals surface area contributed by atoms with Gasteiger partial charge in [0.1, 0.15) is 11.6 Å². The van der Waals surface area contributed by atoms with Gasteiger partial charge in [-0.15, -0.1) is 0 Å². The van der Waals surface area contributed by atoms with E-state index in [0.29, 0.717) is 11.3 Å². The predicted octanol–water partition coefficient (Wildman–Crippen LogP) is 4.02. The van der Waals surface area contributed by atoms with Gasteiger partial charge in [-0.1, -0.05) is 0 Å². The van der Waals surface area contributed by atoms with Gasteiger partial charge in [0.15, 0.2) is 0 Å². The molecule has 4 aromatic rings. The average Bonchev–Trinajstić information content (AvgIpc) is 3.24. The van der Waals surface area contributed by atoms with Gasteiger partial charge in [-0.3, -0.25) is 4.79 Å². The van der Waals surface area contributed by atoms with Crippen LogP contribution >= 0.6 is 0 Å². The number of rotatable bonds is 4. The third-order valence-corrected chi connectivity index (χ3v) is 5.39. The maximum Gasteiger partial charge on any atom is 0.255 e. The Balaban J connectivity index is 1.34. The second kappa shape index (κ2) is 8.12. The average molecular weight is 414 g/mol. The van der Waals surface area contributed by atoms with E-state index in [1.54, 1.807) is 12.1 Å². The van der Waals surface area contributed by atoms with E-state index in [1.165, 1.54) is 17.8 Å². The Morgan fingerprint density at radius 3 is 2.48 bits per heavy atom. The minimum atomic E-state index is -0.238. The predicted molar refractivity (Wildman–Crippen MR) is 121 cm³/mol. The maximum atomic E-state index is 12.4. The molecular formula is C24H22N4O3. The number of morpholine rings is 1. The Hall–Kier alpha value is -3.84. The first-order valence-corrected chi connectivity index (χ1v) is 10.2. The van der Waals surface area contributed by atoms with E-state index in [0.717, 1.165) is 48.7 Å². The van der Waals surface area contributed by atoms with Gasteiger partial charge in [-0.05, 0) is 66.7 Å². The summed E-state index contributed by atoms with van der Waals surface area (Å²) in [6, 6.07) is 20.1. The number of H-pyrrole nitrogens is 1. The molecule has 0 unspecified atom stereocenters. The van der Waals surface area contributed by atoms with Crippen LogP contribution in [0.25, 0.3) is 22.4 Å². The molecule has 1 aromatic heterocycles. The number of aromatic nitrogens is 2. The Bertz CT molecular complexity index is 1210. The van der Waals surface area contributed by atoms with Gasteiger partial charge in [0.2, 0.25) is 0 Å². The zero-order chi connectivity index (χ0) is 21.2. The Morgan fingerprint density at radius 1 is 1.00 bits per heavy atom. The van der Waals surface area contributed by atoms with Gasteiger partial charge in [-0.2, -0.15) is 0 Å². The van der Waals surface area contributed by atoms with Crippen LogP contribution in [-0.4, -0.2) is 47.3 Å². The van der Waals surface area contributed by atoms with E-state index in [4.69, 9.17) is 4.74 Å². The van der Waals surface area contributed by atoms with Crippen LogP contribution in [0.4, 0.5) is 11.4 Å². The van der Waals surface area contributed by atoms with Gasteiger partial charge in [-0.25, -0.2) is 4.98 Å². The summed E-state index contributed by atoms with van der Waals surface area (Å²) in [6.45, 7) is 3.33. The lowest BCUT2D eigenvalue weighted by Crippen LogP contribution is -2.36. The summed E-state index contributed by atoms with van der Waals surface area (Å²) in [4.78, 5) is 22.8. The van der Waals surface area contributed by atoms with Crippen molar-refractivity contribution in [2.45, 2.75) is 0 Å². The van der Waals surface area contributed by atoms with E-state index < -0.39 is 0 Å². The van der Waals surface area contributed by atoms with Crippen LogP contribution in [0.2, 0.25) is 0 Å². The summed E-state index contributed by atoms with van der Waals surface area (Å²) in [5.41, 5.74) is 5.00. The number of hydrogen-bond acceptors (Lipinski definition) is 5. The molecule has 1 amide bonds. The molecule has 156 valence electrons. The SMILES string of the molecule is O=C(Nc1ccc2nc(-c3ccc(N4CCOCC4)cc3)[nH]c2c1)c1ccc(O)cc1. The molecule has 1 aliphatic rings. The molecule has 0 bridgehead atoms. The Kier molecular flexibility index (Phi) is 5.01. The van der Waals surface area contributed by atoms with E-state index in [2.05, 4.69) is 44.5 Å². The molecule has 0 saturated carbocycles. The molecule has 1 fully saturated rings. The fourth-order valence-electron chi connectivity index (χ4n) is 3.69. The highest BCUT2D eigenvalue weighted by molar-refractivity contribution is 6.05. The number of amides is 1. The van der Waals surface area contributed by atoms with Crippen LogP contribution in [0.3, 0.4) is 0 Å². The summed E-state index contributed by atoms with van der Waals surface area (Å²) >= 11 is 0. The van der Waals surface area contributed by atoms with Crippen molar-refractivity contribution in [2.24, 2.45) is 0 Å². The number of phenols is 1. The summed E-state index contributed by atoms with van der Waals surface area (Å²) < 4.78 is 5.42. The van der Waals surface area contributed by atoms with Gasteiger partial charge < -0.3 is 25.0 Å². The number of nitrogens with one attached hydrogen (secondary N) is 2. The van der Waals surface area contributed by atoms with Crippen LogP contribution < -0.4 is 10.2 Å². The van der Waals surface area contributed by atoms with Gasteiger partial charge >= 0.3 is 0 Å². The highest BCUT2D eigenvalue weighted by Gasteiger charge is 2.13. The summed E-state index contributed by atoms with van der Waals surface area (Å²) in [5, 5.41) is 12.3. The van der Waals surface area contributed by atoms with Crippen molar-refractivity contribution >= 4 is 28.3 Å². The van der Waals surface area contributed by atoms with Crippen LogP contribution in [0.1, 0.15) is 10.4 Å². The van der Waals surface area contributed by atoms with E-state index in [9.17, 15) is 9.90 Å². The molecule has 0 radical (unpaired) electrons. The largest absolute Gasteiger partial charge is 0.508 e. The molecule has 0 atom stereocenters. The van der Waals surface area contributed by atoms with E-state index >= 15 is 0 Å². The second-order valence-electron chi connectivity index (χ2n) is 7.46.